The molecule has 2 aromatic rings. The third kappa shape index (κ3) is 8.34. The summed E-state index contributed by atoms with van der Waals surface area (Å²) in [7, 11) is 5.43. The molecule has 4 fully saturated rings. The number of nitrogens with one attached hydrogen (secondary N) is 2. The van der Waals surface area contributed by atoms with Gasteiger partial charge in [0, 0.05) is 35.7 Å². The van der Waals surface area contributed by atoms with Gasteiger partial charge in [-0.3, -0.25) is 14.4 Å². The Labute approximate surface area is 309 Å². The summed E-state index contributed by atoms with van der Waals surface area (Å²) in [6.07, 6.45) is 1.11. The zero-order chi connectivity index (χ0) is 38.3. The lowest BCUT2D eigenvalue weighted by atomic mass is 9.45. The van der Waals surface area contributed by atoms with Gasteiger partial charge < -0.3 is 30.5 Å². The summed E-state index contributed by atoms with van der Waals surface area (Å²) < 4.78 is 21.2. The predicted molar refractivity (Wildman–Crippen MR) is 200 cm³/mol. The number of methoxy groups -OCH3 is 1. The number of ether oxygens (including phenoxy) is 1. The maximum Gasteiger partial charge on any atom is 0.254 e. The molecule has 11 heteroatoms. The van der Waals surface area contributed by atoms with Crippen LogP contribution in [0, 0.1) is 40.3 Å². The van der Waals surface area contributed by atoms with Crippen LogP contribution in [0.5, 0.6) is 5.75 Å². The van der Waals surface area contributed by atoms with Gasteiger partial charge in [-0.2, -0.15) is 5.06 Å². The van der Waals surface area contributed by atoms with E-state index in [1.807, 2.05) is 37.2 Å². The zero-order valence-corrected chi connectivity index (χ0v) is 32.7. The fraction of sp³-hybridized carbons (Fsp3) is 0.659. The fourth-order valence-electron chi connectivity index (χ4n) is 9.30. The topological polar surface area (TPSA) is 124 Å². The van der Waals surface area contributed by atoms with Crippen molar-refractivity contribution in [2.45, 2.75) is 105 Å². The number of nitrogens with zero attached hydrogens (tertiary/aromatic N) is 2. The van der Waals surface area contributed by atoms with Crippen LogP contribution in [-0.2, 0) is 16.2 Å². The lowest BCUT2D eigenvalue weighted by Crippen LogP contribution is -2.62. The molecule has 6 rings (SSSR count). The number of likely N-dealkylation sites (N-methyl/N-ethyl adjacent to an activating group) is 1. The molecule has 2 bridgehead atoms. The first-order chi connectivity index (χ1) is 24.4. The summed E-state index contributed by atoms with van der Waals surface area (Å²) in [5.74, 6) is -0.127. The lowest BCUT2D eigenvalue weighted by Gasteiger charge is -2.62. The van der Waals surface area contributed by atoms with E-state index >= 15 is 4.39 Å². The number of carbonyl (C=O) groups is 2. The number of fused-ring (bicyclic) bond motifs is 2. The Balaban J connectivity index is 1.41. The molecule has 10 nitrogen and oxygen atoms in total. The van der Waals surface area contributed by atoms with Gasteiger partial charge in [-0.25, -0.2) is 4.39 Å². The molecule has 9 atom stereocenters. The molecule has 0 unspecified atom stereocenters. The third-order valence-corrected chi connectivity index (χ3v) is 12.0. The number of hydrogen-bond acceptors (Lipinski definition) is 8. The molecule has 3 aliphatic carbocycles. The number of aliphatic hydroxyl groups is 2. The zero-order valence-electron chi connectivity index (χ0n) is 32.7. The average molecular weight is 725 g/mol. The molecular formula is C41H61FN4O6. The van der Waals surface area contributed by atoms with Crippen molar-refractivity contribution in [2.24, 2.45) is 34.5 Å². The van der Waals surface area contributed by atoms with Crippen LogP contribution in [0.15, 0.2) is 36.4 Å². The molecule has 2 aromatic carbocycles. The van der Waals surface area contributed by atoms with E-state index in [9.17, 15) is 19.8 Å². The van der Waals surface area contributed by atoms with Crippen LogP contribution < -0.4 is 15.4 Å². The van der Waals surface area contributed by atoms with Crippen LogP contribution in [0.1, 0.15) is 83.7 Å². The van der Waals surface area contributed by atoms with Crippen molar-refractivity contribution < 1.29 is 33.8 Å². The van der Waals surface area contributed by atoms with E-state index in [2.05, 4.69) is 52.2 Å². The second-order valence-electron chi connectivity index (χ2n) is 17.6. The number of para-hydroxylation sites is 1. The summed E-state index contributed by atoms with van der Waals surface area (Å²) in [5.41, 5.74) is 2.07. The molecule has 0 radical (unpaired) electrons. The van der Waals surface area contributed by atoms with Crippen LogP contribution in [0.25, 0.3) is 11.1 Å². The molecule has 1 saturated heterocycles. The van der Waals surface area contributed by atoms with Crippen molar-refractivity contribution >= 4 is 11.8 Å². The first-order valence-corrected chi connectivity index (χ1v) is 18.8. The minimum absolute atomic E-state index is 0.0170. The highest BCUT2D eigenvalue weighted by atomic mass is 19.1. The first kappa shape index (κ1) is 40.1. The van der Waals surface area contributed by atoms with Gasteiger partial charge in [-0.1, -0.05) is 65.8 Å². The van der Waals surface area contributed by atoms with Crippen molar-refractivity contribution in [2.75, 3.05) is 34.4 Å². The Morgan fingerprint density at radius 3 is 2.46 bits per heavy atom. The Hall–Kier alpha value is -3.09. The van der Waals surface area contributed by atoms with Gasteiger partial charge in [0.15, 0.2) is 0 Å². The van der Waals surface area contributed by atoms with E-state index in [1.54, 1.807) is 31.2 Å². The van der Waals surface area contributed by atoms with E-state index < -0.39 is 35.9 Å². The highest BCUT2D eigenvalue weighted by molar-refractivity contribution is 5.96. The van der Waals surface area contributed by atoms with E-state index in [0.717, 1.165) is 12.8 Å². The molecule has 288 valence electrons. The van der Waals surface area contributed by atoms with E-state index in [-0.39, 0.29) is 47.5 Å². The smallest absolute Gasteiger partial charge is 0.254 e. The summed E-state index contributed by atoms with van der Waals surface area (Å²) >= 11 is 0. The highest BCUT2D eigenvalue weighted by Crippen LogP contribution is 2.61. The molecule has 1 aliphatic heterocycles. The van der Waals surface area contributed by atoms with Crippen LogP contribution in [0.2, 0.25) is 0 Å². The molecule has 3 saturated carbocycles. The van der Waals surface area contributed by atoms with Crippen molar-refractivity contribution in [3.05, 3.63) is 53.3 Å². The van der Waals surface area contributed by atoms with Crippen molar-refractivity contribution in [3.8, 4) is 16.9 Å². The summed E-state index contributed by atoms with van der Waals surface area (Å²) in [6.45, 7) is 15.2. The van der Waals surface area contributed by atoms with Gasteiger partial charge in [-0.15, -0.1) is 0 Å². The second-order valence-corrected chi connectivity index (χ2v) is 17.6. The summed E-state index contributed by atoms with van der Waals surface area (Å²) in [6, 6.07) is 8.96. The van der Waals surface area contributed by atoms with Crippen molar-refractivity contribution in [1.82, 2.24) is 20.6 Å². The largest absolute Gasteiger partial charge is 0.496 e. The molecule has 0 spiro atoms. The molecule has 52 heavy (non-hydrogen) atoms. The van der Waals surface area contributed by atoms with Crippen LogP contribution >= 0.6 is 0 Å². The molecule has 4 N–H and O–H groups in total. The Morgan fingerprint density at radius 1 is 1.17 bits per heavy atom. The van der Waals surface area contributed by atoms with Gasteiger partial charge in [0.2, 0.25) is 5.91 Å². The molecule has 2 amide bonds. The van der Waals surface area contributed by atoms with E-state index in [4.69, 9.17) is 9.57 Å². The monoisotopic (exact) mass is 724 g/mol. The van der Waals surface area contributed by atoms with Crippen molar-refractivity contribution in [1.29, 1.82) is 0 Å². The Morgan fingerprint density at radius 2 is 1.88 bits per heavy atom. The van der Waals surface area contributed by atoms with E-state index in [0.29, 0.717) is 46.7 Å². The minimum atomic E-state index is -0.924. The number of amides is 2. The van der Waals surface area contributed by atoms with Crippen LogP contribution in [-0.4, -0.2) is 96.7 Å². The van der Waals surface area contributed by atoms with Crippen LogP contribution in [0.3, 0.4) is 0 Å². The number of aliphatic hydroxyl groups excluding tert-OH is 2. The normalized spacial score (nSPS) is 28.2. The standard InChI is InChI=1S/C41H61FN4O6/c1-23-31-17-27(41(31,6)7)18-33(23)44-39(50)36-35(24(2)48)34(22-47)52-46(36)20-26-12-11-13-29(37(26)51-10)25-14-15-32(42)30(16-25)38(49)43-28(21-45(8)9)19-40(3,4)5/h11-16,23-24,27-28,31,33-36,47-48H,17-22H2,1-10H3,(H,43,49)(H,44,50)/t23-,24-,27+,28+,31-,33-,34-,35+,36-/m0/s1. The fourth-order valence-corrected chi connectivity index (χ4v) is 9.30. The number of carbonyl (C=O) groups excluding carboxylic acids is 2. The Bertz CT molecular complexity index is 1590. The number of hydrogen-bond donors (Lipinski definition) is 4. The number of benzene rings is 2. The second kappa shape index (κ2) is 15.7. The van der Waals surface area contributed by atoms with Gasteiger partial charge in [-0.05, 0) is 86.6 Å². The molecule has 0 aromatic heterocycles. The summed E-state index contributed by atoms with van der Waals surface area (Å²) in [5, 5.41) is 29.1. The summed E-state index contributed by atoms with van der Waals surface area (Å²) in [4.78, 5) is 35.9. The predicted octanol–water partition coefficient (Wildman–Crippen LogP) is 5.26. The van der Waals surface area contributed by atoms with Crippen LogP contribution in [0.4, 0.5) is 4.39 Å². The van der Waals surface area contributed by atoms with Gasteiger partial charge in [0.25, 0.3) is 5.91 Å². The SMILES string of the molecule is COc1c(CN2O[C@@H](CO)[C@@H]([C@H](C)O)[C@H]2C(=O)N[C@H]2C[C@H]3C[C@@H]([C@@H]2C)C3(C)C)cccc1-c1ccc(F)c(C(=O)N[C@@H](CN(C)C)CC(C)(C)C)c1. The molecule has 1 heterocycles. The molecule has 4 aliphatic rings. The number of hydroxylamine groups is 2. The van der Waals surface area contributed by atoms with Gasteiger partial charge in [0.1, 0.15) is 23.7 Å². The van der Waals surface area contributed by atoms with Crippen molar-refractivity contribution in [3.63, 3.8) is 0 Å². The number of halogens is 1. The number of rotatable bonds is 13. The highest BCUT2D eigenvalue weighted by Gasteiger charge is 2.57. The lowest BCUT2D eigenvalue weighted by molar-refractivity contribution is -0.183. The quantitative estimate of drug-likeness (QED) is 0.221. The molecular weight excluding hydrogens is 663 g/mol. The first-order valence-electron chi connectivity index (χ1n) is 18.8. The third-order valence-electron chi connectivity index (χ3n) is 12.0. The van der Waals surface area contributed by atoms with Gasteiger partial charge in [0.05, 0.1) is 31.9 Å². The average Bonchev–Trinajstić information content (AvgIpc) is 3.43. The maximum absolute atomic E-state index is 15.3. The van der Waals surface area contributed by atoms with E-state index in [1.165, 1.54) is 12.5 Å². The van der Waals surface area contributed by atoms with Gasteiger partial charge >= 0.3 is 0 Å². The maximum atomic E-state index is 15.3. The Kier molecular flexibility index (Phi) is 12.1. The minimum Gasteiger partial charge on any atom is -0.496 e.